The van der Waals surface area contributed by atoms with Crippen LogP contribution < -0.4 is 10.6 Å². The summed E-state index contributed by atoms with van der Waals surface area (Å²) >= 11 is 0. The van der Waals surface area contributed by atoms with Crippen LogP contribution >= 0.6 is 0 Å². The van der Waals surface area contributed by atoms with Crippen molar-refractivity contribution in [2.45, 2.75) is 91.0 Å². The van der Waals surface area contributed by atoms with Crippen LogP contribution in [0.25, 0.3) is 11.3 Å². The molecule has 1 unspecified atom stereocenters. The smallest absolute Gasteiger partial charge is 0.270 e. The van der Waals surface area contributed by atoms with E-state index in [0.29, 0.717) is 29.9 Å². The van der Waals surface area contributed by atoms with Crippen molar-refractivity contribution < 1.29 is 14.3 Å². The highest BCUT2D eigenvalue weighted by molar-refractivity contribution is 6.76. The van der Waals surface area contributed by atoms with Gasteiger partial charge in [-0.3, -0.25) is 14.3 Å². The Labute approximate surface area is 250 Å². The zero-order valence-electron chi connectivity index (χ0n) is 25.9. The van der Waals surface area contributed by atoms with Crippen molar-refractivity contribution in [3.63, 3.8) is 0 Å². The Hall–Kier alpha value is -3.24. The van der Waals surface area contributed by atoms with E-state index in [0.717, 1.165) is 55.3 Å². The molecule has 0 saturated heterocycles. The maximum absolute atomic E-state index is 13.8. The third kappa shape index (κ3) is 7.39. The number of benzene rings is 1. The number of nitrogens with zero attached hydrogens (tertiary/aromatic N) is 4. The van der Waals surface area contributed by atoms with Crippen LogP contribution in [0.2, 0.25) is 25.7 Å². The standard InChI is InChI=1S/C32H46N6O3Si/c1-21(2)38-27(15-16-34-38)31(39)36-30(28(23-7-8-23)24-9-10-24)32(40)35-26-13-11-25(12-14-26)29-22(3)37(19-33-29)20-41-17-18-42(4,5)6/h11-16,19,21,23-24,28,30H,7-10,17-18,20H2,1-6H3,(H,35,40)(H,36,39). The minimum atomic E-state index is -1.12. The molecule has 5 rings (SSSR count). The van der Waals surface area contributed by atoms with Crippen LogP contribution in [0, 0.1) is 24.7 Å². The van der Waals surface area contributed by atoms with E-state index in [1.165, 1.54) is 0 Å². The maximum Gasteiger partial charge on any atom is 0.270 e. The first-order valence-electron chi connectivity index (χ1n) is 15.4. The summed E-state index contributed by atoms with van der Waals surface area (Å²) in [6.07, 6.45) is 7.94. The molecule has 0 radical (unpaired) electrons. The van der Waals surface area contributed by atoms with Crippen LogP contribution in [0.1, 0.15) is 61.8 Å². The average Bonchev–Trinajstić information content (AvgIpc) is 3.87. The molecular weight excluding hydrogens is 544 g/mol. The largest absolute Gasteiger partial charge is 0.361 e. The zero-order valence-corrected chi connectivity index (χ0v) is 26.9. The summed E-state index contributed by atoms with van der Waals surface area (Å²) < 4.78 is 9.65. The number of ether oxygens (including phenoxy) is 1. The van der Waals surface area contributed by atoms with Crippen molar-refractivity contribution in [3.8, 4) is 11.3 Å². The minimum absolute atomic E-state index is 0.0479. The van der Waals surface area contributed by atoms with Gasteiger partial charge in [-0.15, -0.1) is 0 Å². The number of hydrogen-bond acceptors (Lipinski definition) is 5. The van der Waals surface area contributed by atoms with Gasteiger partial charge in [0.05, 0.1) is 12.0 Å². The van der Waals surface area contributed by atoms with E-state index in [-0.39, 0.29) is 23.8 Å². The molecule has 0 aliphatic heterocycles. The molecule has 2 N–H and O–H groups in total. The first-order chi connectivity index (χ1) is 20.0. The molecule has 0 bridgehead atoms. The number of nitrogens with one attached hydrogen (secondary N) is 2. The molecule has 2 fully saturated rings. The zero-order chi connectivity index (χ0) is 30.0. The first kappa shape index (κ1) is 30.2. The number of carbonyl (C=O) groups is 2. The molecule has 226 valence electrons. The SMILES string of the molecule is Cc1c(-c2ccc(NC(=O)C(NC(=O)c3ccnn3C(C)C)C(C3CC3)C3CC3)cc2)ncn1COCC[Si](C)(C)C. The van der Waals surface area contributed by atoms with Gasteiger partial charge in [-0.2, -0.15) is 5.10 Å². The van der Waals surface area contributed by atoms with Crippen LogP contribution in [-0.4, -0.2) is 51.9 Å². The van der Waals surface area contributed by atoms with Gasteiger partial charge in [-0.1, -0.05) is 31.8 Å². The number of aromatic nitrogens is 4. The Balaban J connectivity index is 1.26. The molecule has 9 nitrogen and oxygen atoms in total. The van der Waals surface area contributed by atoms with Gasteiger partial charge >= 0.3 is 0 Å². The maximum atomic E-state index is 13.8. The second kappa shape index (κ2) is 12.5. The Bertz CT molecular complexity index is 1370. The topological polar surface area (TPSA) is 103 Å². The molecule has 3 aromatic rings. The van der Waals surface area contributed by atoms with Crippen molar-refractivity contribution in [3.05, 3.63) is 54.2 Å². The van der Waals surface area contributed by atoms with Crippen LogP contribution in [-0.2, 0) is 16.3 Å². The molecule has 1 aromatic carbocycles. The summed E-state index contributed by atoms with van der Waals surface area (Å²) in [7, 11) is -1.12. The fourth-order valence-corrected chi connectivity index (χ4v) is 6.44. The van der Waals surface area contributed by atoms with Crippen molar-refractivity contribution >= 4 is 25.6 Å². The van der Waals surface area contributed by atoms with E-state index in [4.69, 9.17) is 4.74 Å². The highest BCUT2D eigenvalue weighted by atomic mass is 28.3. The van der Waals surface area contributed by atoms with Gasteiger partial charge in [0.15, 0.2) is 0 Å². The average molecular weight is 591 g/mol. The quantitative estimate of drug-likeness (QED) is 0.174. The van der Waals surface area contributed by atoms with Gasteiger partial charge in [0, 0.05) is 43.9 Å². The van der Waals surface area contributed by atoms with Gasteiger partial charge in [0.2, 0.25) is 5.91 Å². The lowest BCUT2D eigenvalue weighted by atomic mass is 9.88. The van der Waals surface area contributed by atoms with Gasteiger partial charge < -0.3 is 19.9 Å². The first-order valence-corrected chi connectivity index (χ1v) is 19.1. The summed E-state index contributed by atoms with van der Waals surface area (Å²) in [6.45, 7) is 14.3. The van der Waals surface area contributed by atoms with Crippen molar-refractivity contribution in [1.29, 1.82) is 0 Å². The van der Waals surface area contributed by atoms with E-state index >= 15 is 0 Å². The second-order valence-corrected chi connectivity index (χ2v) is 19.1. The molecule has 0 spiro atoms. The monoisotopic (exact) mass is 590 g/mol. The Morgan fingerprint density at radius 2 is 1.71 bits per heavy atom. The number of imidazole rings is 1. The Morgan fingerprint density at radius 1 is 1.05 bits per heavy atom. The molecule has 2 amide bonds. The van der Waals surface area contributed by atoms with Crippen LogP contribution in [0.4, 0.5) is 5.69 Å². The third-order valence-electron chi connectivity index (χ3n) is 8.43. The van der Waals surface area contributed by atoms with E-state index in [9.17, 15) is 9.59 Å². The molecular formula is C32H46N6O3Si. The number of carbonyl (C=O) groups excluding carboxylic acids is 2. The summed E-state index contributed by atoms with van der Waals surface area (Å²) in [5.74, 6) is 0.722. The number of hydrogen-bond donors (Lipinski definition) is 2. The third-order valence-corrected chi connectivity index (χ3v) is 10.1. The van der Waals surface area contributed by atoms with E-state index in [1.54, 1.807) is 16.9 Å². The van der Waals surface area contributed by atoms with Crippen molar-refractivity contribution in [2.75, 3.05) is 11.9 Å². The molecule has 2 aliphatic rings. The molecule has 2 aromatic heterocycles. The number of anilines is 1. The van der Waals surface area contributed by atoms with E-state index in [1.807, 2.05) is 55.9 Å². The van der Waals surface area contributed by atoms with Crippen molar-refractivity contribution in [1.82, 2.24) is 24.6 Å². The molecule has 2 heterocycles. The van der Waals surface area contributed by atoms with Crippen LogP contribution in [0.3, 0.4) is 0 Å². The van der Waals surface area contributed by atoms with Gasteiger partial charge in [0.1, 0.15) is 18.5 Å². The summed E-state index contributed by atoms with van der Waals surface area (Å²) in [6, 6.07) is 10.1. The van der Waals surface area contributed by atoms with E-state index in [2.05, 4.69) is 40.4 Å². The van der Waals surface area contributed by atoms with Gasteiger partial charge in [0.25, 0.3) is 5.91 Å². The normalized spacial score (nSPS) is 16.2. The number of rotatable bonds is 14. The summed E-state index contributed by atoms with van der Waals surface area (Å²) in [5.41, 5.74) is 4.10. The second-order valence-electron chi connectivity index (χ2n) is 13.5. The fraction of sp³-hybridized carbons (Fsp3) is 0.562. The van der Waals surface area contributed by atoms with Crippen molar-refractivity contribution in [2.24, 2.45) is 17.8 Å². The highest BCUT2D eigenvalue weighted by Gasteiger charge is 2.48. The molecule has 2 aliphatic carbocycles. The molecule has 42 heavy (non-hydrogen) atoms. The molecule has 2 saturated carbocycles. The predicted octanol–water partition coefficient (Wildman–Crippen LogP) is 6.12. The fourth-order valence-electron chi connectivity index (χ4n) is 5.68. The van der Waals surface area contributed by atoms with Gasteiger partial charge in [-0.05, 0) is 88.5 Å². The lowest BCUT2D eigenvalue weighted by Gasteiger charge is -2.27. The van der Waals surface area contributed by atoms with Gasteiger partial charge in [-0.25, -0.2) is 4.98 Å². The number of amides is 2. The Morgan fingerprint density at radius 3 is 2.31 bits per heavy atom. The predicted molar refractivity (Wildman–Crippen MR) is 168 cm³/mol. The molecule has 1 atom stereocenters. The summed E-state index contributed by atoms with van der Waals surface area (Å²) in [4.78, 5) is 31.8. The van der Waals surface area contributed by atoms with E-state index < -0.39 is 14.1 Å². The summed E-state index contributed by atoms with van der Waals surface area (Å²) in [5, 5.41) is 10.5. The Kier molecular flexibility index (Phi) is 9.03. The highest BCUT2D eigenvalue weighted by Crippen LogP contribution is 2.51. The van der Waals surface area contributed by atoms with Crippen LogP contribution in [0.15, 0.2) is 42.9 Å². The minimum Gasteiger partial charge on any atom is -0.361 e. The van der Waals surface area contributed by atoms with Crippen LogP contribution in [0.5, 0.6) is 0 Å². The molecule has 10 heteroatoms. The lowest BCUT2D eigenvalue weighted by molar-refractivity contribution is -0.119. The lowest BCUT2D eigenvalue weighted by Crippen LogP contribution is -2.50.